The summed E-state index contributed by atoms with van der Waals surface area (Å²) < 4.78 is 32.7. The van der Waals surface area contributed by atoms with E-state index in [0.29, 0.717) is 12.2 Å². The van der Waals surface area contributed by atoms with Gasteiger partial charge in [0, 0.05) is 12.1 Å². The molecular weight excluding hydrogens is 338 g/mol. The van der Waals surface area contributed by atoms with E-state index in [1.165, 1.54) is 32.2 Å². The van der Waals surface area contributed by atoms with Crippen molar-refractivity contribution in [1.82, 2.24) is 5.32 Å². The molecule has 1 saturated heterocycles. The number of benzene rings is 1. The van der Waals surface area contributed by atoms with Crippen LogP contribution in [0.15, 0.2) is 18.2 Å². The van der Waals surface area contributed by atoms with E-state index in [-0.39, 0.29) is 22.8 Å². The van der Waals surface area contributed by atoms with Crippen LogP contribution in [-0.2, 0) is 19.4 Å². The summed E-state index contributed by atoms with van der Waals surface area (Å²) in [4.78, 5) is 24.0. The molecule has 0 aromatic heterocycles. The molecule has 0 aliphatic carbocycles. The summed E-state index contributed by atoms with van der Waals surface area (Å²) in [6, 6.07) is 3.58. The molecule has 8 nitrogen and oxygen atoms in total. The van der Waals surface area contributed by atoms with Gasteiger partial charge < -0.3 is 19.9 Å². The van der Waals surface area contributed by atoms with Crippen LogP contribution in [0.1, 0.15) is 23.7 Å². The maximum absolute atomic E-state index is 12.0. The second-order valence-corrected chi connectivity index (χ2v) is 7.77. The van der Waals surface area contributed by atoms with Gasteiger partial charge in [-0.05, 0) is 25.5 Å². The highest BCUT2D eigenvalue weighted by Crippen LogP contribution is 2.24. The molecule has 1 amide bonds. The fourth-order valence-electron chi connectivity index (χ4n) is 2.32. The highest BCUT2D eigenvalue weighted by atomic mass is 32.2. The fourth-order valence-corrected chi connectivity index (χ4v) is 3.99. The van der Waals surface area contributed by atoms with Crippen LogP contribution in [0, 0.1) is 0 Å². The predicted octanol–water partition coefficient (Wildman–Crippen LogP) is 0.249. The van der Waals surface area contributed by atoms with Gasteiger partial charge in [-0.1, -0.05) is 0 Å². The zero-order chi connectivity index (χ0) is 17.9. The first-order valence-corrected chi connectivity index (χ1v) is 9.13. The average Bonchev–Trinajstić information content (AvgIpc) is 2.85. The third-order valence-electron chi connectivity index (χ3n) is 3.66. The number of carbonyl (C=O) groups is 2. The smallest absolute Gasteiger partial charge is 0.342 e. The van der Waals surface area contributed by atoms with Crippen molar-refractivity contribution in [3.8, 4) is 11.5 Å². The minimum Gasteiger partial charge on any atom is -0.507 e. The number of ether oxygens (including phenoxy) is 2. The molecule has 0 radical (unpaired) electrons. The summed E-state index contributed by atoms with van der Waals surface area (Å²) in [5, 5.41) is 12.3. The maximum atomic E-state index is 12.0. The number of phenolic OH excluding ortho intramolecular Hbond substituents is 1. The topological polar surface area (TPSA) is 119 Å². The van der Waals surface area contributed by atoms with E-state index in [2.05, 4.69) is 5.32 Å². The van der Waals surface area contributed by atoms with Gasteiger partial charge in [-0.15, -0.1) is 0 Å². The highest BCUT2D eigenvalue weighted by molar-refractivity contribution is 7.91. The molecule has 9 heteroatoms. The van der Waals surface area contributed by atoms with Crippen molar-refractivity contribution in [3.63, 3.8) is 0 Å². The molecule has 1 aliphatic rings. The van der Waals surface area contributed by atoms with Crippen LogP contribution in [0.2, 0.25) is 0 Å². The van der Waals surface area contributed by atoms with Crippen LogP contribution in [0.4, 0.5) is 0 Å². The van der Waals surface area contributed by atoms with E-state index in [9.17, 15) is 23.1 Å². The van der Waals surface area contributed by atoms with Crippen LogP contribution in [0.5, 0.6) is 11.5 Å². The van der Waals surface area contributed by atoms with Gasteiger partial charge in [0.2, 0.25) is 0 Å². The largest absolute Gasteiger partial charge is 0.507 e. The van der Waals surface area contributed by atoms with Crippen LogP contribution in [-0.4, -0.2) is 56.2 Å². The quantitative estimate of drug-likeness (QED) is 0.725. The predicted molar refractivity (Wildman–Crippen MR) is 84.7 cm³/mol. The Morgan fingerprint density at radius 2 is 2.08 bits per heavy atom. The second-order valence-electron chi connectivity index (χ2n) is 5.54. The highest BCUT2D eigenvalue weighted by Gasteiger charge is 2.31. The van der Waals surface area contributed by atoms with Crippen LogP contribution >= 0.6 is 0 Å². The summed E-state index contributed by atoms with van der Waals surface area (Å²) in [6.07, 6.45) is -0.782. The number of hydrogen-bond donors (Lipinski definition) is 2. The number of rotatable bonds is 5. The van der Waals surface area contributed by atoms with Gasteiger partial charge in [-0.25, -0.2) is 13.2 Å². The van der Waals surface area contributed by atoms with E-state index in [4.69, 9.17) is 9.47 Å². The molecule has 132 valence electrons. The molecule has 1 aliphatic heterocycles. The van der Waals surface area contributed by atoms with E-state index in [1.807, 2.05) is 0 Å². The minimum atomic E-state index is -3.11. The number of carbonyl (C=O) groups excluding carboxylic acids is 2. The van der Waals surface area contributed by atoms with E-state index in [1.54, 1.807) is 0 Å². The van der Waals surface area contributed by atoms with Crippen LogP contribution < -0.4 is 10.1 Å². The Balaban J connectivity index is 1.95. The molecule has 0 bridgehead atoms. The van der Waals surface area contributed by atoms with Crippen molar-refractivity contribution in [3.05, 3.63) is 23.8 Å². The van der Waals surface area contributed by atoms with Crippen molar-refractivity contribution in [2.75, 3.05) is 18.6 Å². The lowest BCUT2D eigenvalue weighted by atomic mass is 10.2. The first kappa shape index (κ1) is 18.1. The Hall–Kier alpha value is -2.29. The number of phenols is 1. The lowest BCUT2D eigenvalue weighted by Gasteiger charge is -2.17. The van der Waals surface area contributed by atoms with E-state index < -0.39 is 33.9 Å². The number of hydrogen-bond acceptors (Lipinski definition) is 7. The summed E-state index contributed by atoms with van der Waals surface area (Å²) >= 11 is 0. The molecule has 0 saturated carbocycles. The van der Waals surface area contributed by atoms with Gasteiger partial charge in [-0.3, -0.25) is 4.79 Å². The number of nitrogens with one attached hydrogen (secondary N) is 1. The molecule has 2 N–H and O–H groups in total. The summed E-state index contributed by atoms with van der Waals surface area (Å²) in [6.45, 7) is 1.37. The zero-order valence-electron chi connectivity index (χ0n) is 13.3. The van der Waals surface area contributed by atoms with E-state index in [0.717, 1.165) is 0 Å². The molecule has 2 rings (SSSR count). The third-order valence-corrected chi connectivity index (χ3v) is 5.42. The van der Waals surface area contributed by atoms with Gasteiger partial charge in [0.1, 0.15) is 17.1 Å². The number of sulfone groups is 1. The number of methoxy groups -OCH3 is 1. The van der Waals surface area contributed by atoms with Crippen molar-refractivity contribution in [2.24, 2.45) is 0 Å². The molecule has 1 heterocycles. The zero-order valence-corrected chi connectivity index (χ0v) is 14.1. The van der Waals surface area contributed by atoms with Crippen LogP contribution in [0.3, 0.4) is 0 Å². The molecule has 1 fully saturated rings. The van der Waals surface area contributed by atoms with Crippen molar-refractivity contribution >= 4 is 21.7 Å². The number of esters is 1. The molecule has 1 aromatic rings. The van der Waals surface area contributed by atoms with Crippen LogP contribution in [0.25, 0.3) is 0 Å². The number of aromatic hydroxyl groups is 1. The van der Waals surface area contributed by atoms with Gasteiger partial charge in [-0.2, -0.15) is 0 Å². The number of amides is 1. The summed E-state index contributed by atoms with van der Waals surface area (Å²) in [5.41, 5.74) is -0.0982. The first-order chi connectivity index (χ1) is 11.2. The standard InChI is InChI=1S/C15H19NO7S/c1-9(14(18)16-10-5-6-24(20,21)8-10)23-15(19)12-4-3-11(22-2)7-13(12)17/h3-4,7,9-10,17H,5-6,8H2,1-2H3,(H,16,18)/t9-,10+/m0/s1. The maximum Gasteiger partial charge on any atom is 0.342 e. The SMILES string of the molecule is COc1ccc(C(=O)O[C@@H](C)C(=O)N[C@@H]2CCS(=O)(=O)C2)c(O)c1. The summed E-state index contributed by atoms with van der Waals surface area (Å²) in [7, 11) is -1.69. The fraction of sp³-hybridized carbons (Fsp3) is 0.467. The monoisotopic (exact) mass is 357 g/mol. The molecule has 2 atom stereocenters. The first-order valence-electron chi connectivity index (χ1n) is 7.30. The van der Waals surface area contributed by atoms with Crippen molar-refractivity contribution in [2.45, 2.75) is 25.5 Å². The Labute approximate surface area is 139 Å². The van der Waals surface area contributed by atoms with Crippen molar-refractivity contribution < 1.29 is 32.6 Å². The van der Waals surface area contributed by atoms with Gasteiger partial charge in [0.15, 0.2) is 15.9 Å². The lowest BCUT2D eigenvalue weighted by Crippen LogP contribution is -2.42. The molecule has 24 heavy (non-hydrogen) atoms. The van der Waals surface area contributed by atoms with Gasteiger partial charge in [0.25, 0.3) is 5.91 Å². The molecular formula is C15H19NO7S. The Kier molecular flexibility index (Phi) is 5.33. The van der Waals surface area contributed by atoms with E-state index >= 15 is 0 Å². The Bertz CT molecular complexity index is 744. The Morgan fingerprint density at radius 3 is 2.62 bits per heavy atom. The molecule has 0 unspecified atom stereocenters. The minimum absolute atomic E-state index is 0.0336. The molecule has 0 spiro atoms. The lowest BCUT2D eigenvalue weighted by molar-refractivity contribution is -0.129. The summed E-state index contributed by atoms with van der Waals surface area (Å²) in [5.74, 6) is -1.48. The van der Waals surface area contributed by atoms with Gasteiger partial charge >= 0.3 is 5.97 Å². The third kappa shape index (κ3) is 4.38. The Morgan fingerprint density at radius 1 is 1.38 bits per heavy atom. The molecule has 1 aromatic carbocycles. The normalized spacial score (nSPS) is 20.2. The van der Waals surface area contributed by atoms with Crippen molar-refractivity contribution in [1.29, 1.82) is 0 Å². The van der Waals surface area contributed by atoms with Gasteiger partial charge in [0.05, 0.1) is 18.6 Å². The average molecular weight is 357 g/mol. The second kappa shape index (κ2) is 7.08.